The number of carbonyl (C=O) groups excluding carboxylic acids is 1. The molecule has 0 fully saturated rings. The number of hydrogen-bond donors (Lipinski definition) is 1. The van der Waals surface area contributed by atoms with Crippen molar-refractivity contribution in [3.05, 3.63) is 59.4 Å². The zero-order chi connectivity index (χ0) is 21.6. The van der Waals surface area contributed by atoms with Gasteiger partial charge in [-0.25, -0.2) is 0 Å². The highest BCUT2D eigenvalue weighted by molar-refractivity contribution is 7.18. The van der Waals surface area contributed by atoms with E-state index in [1.54, 1.807) is 13.2 Å². The second-order valence-corrected chi connectivity index (χ2v) is 7.92. The number of anilines is 1. The maximum Gasteiger partial charge on any atom is 0.226 e. The van der Waals surface area contributed by atoms with E-state index in [4.69, 9.17) is 20.9 Å². The molecule has 0 saturated heterocycles. The van der Waals surface area contributed by atoms with Crippen LogP contribution in [0.2, 0.25) is 5.02 Å². The Balaban J connectivity index is 1.27. The molecule has 0 aliphatic carbocycles. The first kappa shape index (κ1) is 21.0. The summed E-state index contributed by atoms with van der Waals surface area (Å²) in [6.45, 7) is 0. The van der Waals surface area contributed by atoms with Gasteiger partial charge >= 0.3 is 0 Å². The Kier molecular flexibility index (Phi) is 6.54. The topological polar surface area (TPSA) is 103 Å². The van der Waals surface area contributed by atoms with Crippen LogP contribution in [0.4, 0.5) is 5.13 Å². The predicted molar refractivity (Wildman–Crippen MR) is 118 cm³/mol. The highest BCUT2D eigenvalue weighted by Gasteiger charge is 2.13. The van der Waals surface area contributed by atoms with Crippen molar-refractivity contribution in [3.63, 3.8) is 0 Å². The molecule has 0 aliphatic rings. The number of nitrogens with zero attached hydrogens (tertiary/aromatic N) is 4. The number of ether oxygens (including phenoxy) is 1. The summed E-state index contributed by atoms with van der Waals surface area (Å²) in [5.74, 6) is 1.59. The average molecular weight is 456 g/mol. The van der Waals surface area contributed by atoms with Crippen LogP contribution < -0.4 is 10.1 Å². The fraction of sp³-hybridized carbons (Fsp3) is 0.190. The van der Waals surface area contributed by atoms with E-state index < -0.39 is 0 Å². The van der Waals surface area contributed by atoms with Crippen LogP contribution in [0.3, 0.4) is 0 Å². The molecule has 2 aromatic carbocycles. The lowest BCUT2D eigenvalue weighted by molar-refractivity contribution is -0.116. The van der Waals surface area contributed by atoms with Crippen LogP contribution in [-0.2, 0) is 11.2 Å². The summed E-state index contributed by atoms with van der Waals surface area (Å²) in [4.78, 5) is 16.6. The van der Waals surface area contributed by atoms with E-state index in [0.29, 0.717) is 46.1 Å². The third kappa shape index (κ3) is 5.25. The van der Waals surface area contributed by atoms with E-state index in [1.807, 2.05) is 42.5 Å². The Morgan fingerprint density at radius 2 is 1.97 bits per heavy atom. The normalized spacial score (nSPS) is 10.8. The van der Waals surface area contributed by atoms with Gasteiger partial charge in [0, 0.05) is 24.0 Å². The number of rotatable bonds is 8. The molecule has 158 valence electrons. The molecular formula is C21H18ClN5O3S. The van der Waals surface area contributed by atoms with Gasteiger partial charge in [0.2, 0.25) is 22.8 Å². The molecule has 8 nitrogen and oxygen atoms in total. The Morgan fingerprint density at radius 3 is 2.74 bits per heavy atom. The maximum absolute atomic E-state index is 12.2. The molecule has 0 atom stereocenters. The van der Waals surface area contributed by atoms with Gasteiger partial charge in [-0.3, -0.25) is 4.79 Å². The molecule has 4 aromatic rings. The molecule has 0 spiro atoms. The minimum Gasteiger partial charge on any atom is -0.497 e. The van der Waals surface area contributed by atoms with E-state index in [0.717, 1.165) is 16.9 Å². The van der Waals surface area contributed by atoms with Crippen molar-refractivity contribution >= 4 is 34.0 Å². The Labute approximate surface area is 187 Å². The maximum atomic E-state index is 12.2. The summed E-state index contributed by atoms with van der Waals surface area (Å²) < 4.78 is 10.4. The molecule has 0 radical (unpaired) electrons. The summed E-state index contributed by atoms with van der Waals surface area (Å²) in [7, 11) is 1.61. The summed E-state index contributed by atoms with van der Waals surface area (Å²) in [5, 5.41) is 16.5. The number of halogens is 1. The van der Waals surface area contributed by atoms with E-state index >= 15 is 0 Å². The summed E-state index contributed by atoms with van der Waals surface area (Å²) >= 11 is 7.45. The number of aryl methyl sites for hydroxylation is 1. The molecule has 1 amide bonds. The van der Waals surface area contributed by atoms with Crippen molar-refractivity contribution in [1.82, 2.24) is 20.3 Å². The molecule has 10 heteroatoms. The number of aromatic nitrogens is 4. The van der Waals surface area contributed by atoms with Crippen LogP contribution >= 0.6 is 22.9 Å². The number of carbonyl (C=O) groups is 1. The number of hydrogen-bond acceptors (Lipinski definition) is 8. The van der Waals surface area contributed by atoms with Gasteiger partial charge in [-0.05, 0) is 36.8 Å². The van der Waals surface area contributed by atoms with Gasteiger partial charge in [0.05, 0.1) is 12.1 Å². The summed E-state index contributed by atoms with van der Waals surface area (Å²) in [5.41, 5.74) is 1.62. The molecule has 0 unspecified atom stereocenters. The number of benzene rings is 2. The Hall–Kier alpha value is -3.30. The SMILES string of the molecule is COc1ccc(-c2noc(CCCC(=O)Nc3nnc(-c4ccccc4Cl)s3)n2)cc1. The highest BCUT2D eigenvalue weighted by Crippen LogP contribution is 2.31. The number of methoxy groups -OCH3 is 1. The molecule has 0 saturated carbocycles. The van der Waals surface area contributed by atoms with Crippen LogP contribution in [-0.4, -0.2) is 33.4 Å². The lowest BCUT2D eigenvalue weighted by atomic mass is 10.2. The van der Waals surface area contributed by atoms with Crippen molar-refractivity contribution in [2.75, 3.05) is 12.4 Å². The highest BCUT2D eigenvalue weighted by atomic mass is 35.5. The fourth-order valence-electron chi connectivity index (χ4n) is 2.81. The van der Waals surface area contributed by atoms with Crippen LogP contribution in [0.15, 0.2) is 53.1 Å². The van der Waals surface area contributed by atoms with Gasteiger partial charge in [-0.2, -0.15) is 4.98 Å². The van der Waals surface area contributed by atoms with Gasteiger partial charge in [-0.15, -0.1) is 10.2 Å². The van der Waals surface area contributed by atoms with E-state index in [-0.39, 0.29) is 5.91 Å². The quantitative estimate of drug-likeness (QED) is 0.404. The second-order valence-electron chi connectivity index (χ2n) is 6.53. The smallest absolute Gasteiger partial charge is 0.226 e. The predicted octanol–water partition coefficient (Wildman–Crippen LogP) is 4.88. The first-order valence-corrected chi connectivity index (χ1v) is 10.7. The van der Waals surface area contributed by atoms with Crippen LogP contribution in [0.1, 0.15) is 18.7 Å². The van der Waals surface area contributed by atoms with E-state index in [1.165, 1.54) is 11.3 Å². The molecular weight excluding hydrogens is 438 g/mol. The van der Waals surface area contributed by atoms with Gasteiger partial charge in [0.1, 0.15) is 5.75 Å². The Morgan fingerprint density at radius 1 is 1.16 bits per heavy atom. The molecule has 2 heterocycles. The van der Waals surface area contributed by atoms with Crippen LogP contribution in [0.25, 0.3) is 22.0 Å². The standard InChI is InChI=1S/C21H18ClN5O3S/c1-29-14-11-9-13(10-12-14)19-24-18(30-27-19)8-4-7-17(28)23-21-26-25-20(31-21)15-5-2-3-6-16(15)22/h2-3,5-6,9-12H,4,7-8H2,1H3,(H,23,26,28). The van der Waals surface area contributed by atoms with Crippen molar-refractivity contribution < 1.29 is 14.1 Å². The van der Waals surface area contributed by atoms with E-state index in [2.05, 4.69) is 25.7 Å². The van der Waals surface area contributed by atoms with Gasteiger partial charge in [-0.1, -0.05) is 46.3 Å². The zero-order valence-corrected chi connectivity index (χ0v) is 18.1. The van der Waals surface area contributed by atoms with E-state index in [9.17, 15) is 4.79 Å². The third-order valence-electron chi connectivity index (χ3n) is 4.39. The molecule has 4 rings (SSSR count). The van der Waals surface area contributed by atoms with Gasteiger partial charge in [0.15, 0.2) is 5.01 Å². The largest absolute Gasteiger partial charge is 0.497 e. The van der Waals surface area contributed by atoms with Crippen molar-refractivity contribution in [1.29, 1.82) is 0 Å². The minimum atomic E-state index is -0.156. The minimum absolute atomic E-state index is 0.156. The molecule has 0 bridgehead atoms. The molecule has 2 aromatic heterocycles. The van der Waals surface area contributed by atoms with Gasteiger partial charge < -0.3 is 14.6 Å². The first-order chi connectivity index (χ1) is 15.1. The Bertz CT molecular complexity index is 1180. The lowest BCUT2D eigenvalue weighted by Gasteiger charge is -2.00. The average Bonchev–Trinajstić information content (AvgIpc) is 3.44. The van der Waals surface area contributed by atoms with Gasteiger partial charge in [0.25, 0.3) is 0 Å². The van der Waals surface area contributed by atoms with Crippen LogP contribution in [0, 0.1) is 0 Å². The van der Waals surface area contributed by atoms with Crippen molar-refractivity contribution in [2.24, 2.45) is 0 Å². The van der Waals surface area contributed by atoms with Crippen LogP contribution in [0.5, 0.6) is 5.75 Å². The number of nitrogens with one attached hydrogen (secondary N) is 1. The monoisotopic (exact) mass is 455 g/mol. The molecule has 0 aliphatic heterocycles. The first-order valence-electron chi connectivity index (χ1n) is 9.47. The fourth-order valence-corrected chi connectivity index (χ4v) is 3.89. The van der Waals surface area contributed by atoms with Crippen molar-refractivity contribution in [3.8, 4) is 27.7 Å². The third-order valence-corrected chi connectivity index (χ3v) is 5.59. The summed E-state index contributed by atoms with van der Waals surface area (Å²) in [6, 6.07) is 14.8. The zero-order valence-electron chi connectivity index (χ0n) is 16.5. The van der Waals surface area contributed by atoms with Crippen molar-refractivity contribution in [2.45, 2.75) is 19.3 Å². The second kappa shape index (κ2) is 9.67. The lowest BCUT2D eigenvalue weighted by Crippen LogP contribution is -2.11. The summed E-state index contributed by atoms with van der Waals surface area (Å²) in [6.07, 6.45) is 1.35. The number of amides is 1. The molecule has 1 N–H and O–H groups in total. The molecule has 31 heavy (non-hydrogen) atoms.